The fraction of sp³-hybridized carbons (Fsp3) is 0.524. The summed E-state index contributed by atoms with van der Waals surface area (Å²) in [5.41, 5.74) is 0.821. The highest BCUT2D eigenvalue weighted by atomic mass is 32.2. The van der Waals surface area contributed by atoms with Crippen LogP contribution in [0.4, 0.5) is 5.69 Å². The number of sulfonamides is 1. The largest absolute Gasteiger partial charge is 0.494 e. The second kappa shape index (κ2) is 9.69. The smallest absolute Gasteiger partial charge is 0.248 e. The number of amides is 1. The first-order valence-electron chi connectivity index (χ1n) is 10.4. The first kappa shape index (κ1) is 23.1. The highest BCUT2D eigenvalue weighted by Gasteiger charge is 2.36. The molecule has 1 fully saturated rings. The Balaban J connectivity index is 1.78. The van der Waals surface area contributed by atoms with Crippen LogP contribution in [0, 0.1) is 19.8 Å². The van der Waals surface area contributed by atoms with Crippen molar-refractivity contribution >= 4 is 21.6 Å². The Morgan fingerprint density at radius 1 is 1.26 bits per heavy atom. The molecule has 1 N–H and O–H groups in total. The molecule has 1 atom stereocenters. The van der Waals surface area contributed by atoms with Crippen molar-refractivity contribution in [3.63, 3.8) is 0 Å². The van der Waals surface area contributed by atoms with Gasteiger partial charge in [-0.2, -0.15) is 4.31 Å². The Morgan fingerprint density at radius 2 is 2.00 bits per heavy atom. The van der Waals surface area contributed by atoms with Crippen LogP contribution in [0.5, 0.6) is 11.5 Å². The van der Waals surface area contributed by atoms with Crippen LogP contribution in [0.25, 0.3) is 0 Å². The van der Waals surface area contributed by atoms with E-state index in [1.54, 1.807) is 32.0 Å². The van der Waals surface area contributed by atoms with E-state index in [-0.39, 0.29) is 23.1 Å². The molecule has 2 heterocycles. The molecule has 0 spiro atoms. The summed E-state index contributed by atoms with van der Waals surface area (Å²) < 4.78 is 43.8. The molecule has 10 heteroatoms. The van der Waals surface area contributed by atoms with Crippen molar-refractivity contribution in [3.8, 4) is 11.5 Å². The van der Waals surface area contributed by atoms with Gasteiger partial charge < -0.3 is 19.3 Å². The maximum absolute atomic E-state index is 13.1. The molecule has 0 bridgehead atoms. The minimum Gasteiger partial charge on any atom is -0.494 e. The number of hydrogen-bond donors (Lipinski definition) is 1. The van der Waals surface area contributed by atoms with Gasteiger partial charge in [0.25, 0.3) is 0 Å². The summed E-state index contributed by atoms with van der Waals surface area (Å²) in [5.74, 6) is 0.656. The van der Waals surface area contributed by atoms with E-state index in [9.17, 15) is 13.2 Å². The molecule has 31 heavy (non-hydrogen) atoms. The maximum Gasteiger partial charge on any atom is 0.248 e. The molecular formula is C21H29N3O6S. The lowest BCUT2D eigenvalue weighted by Crippen LogP contribution is -2.44. The van der Waals surface area contributed by atoms with Crippen LogP contribution in [0.15, 0.2) is 27.6 Å². The molecule has 1 aliphatic heterocycles. The number of hydrogen-bond acceptors (Lipinski definition) is 7. The van der Waals surface area contributed by atoms with Crippen molar-refractivity contribution < 1.29 is 27.2 Å². The minimum atomic E-state index is -3.80. The summed E-state index contributed by atoms with van der Waals surface area (Å²) in [6, 6.07) is 5.25. The molecule has 1 saturated heterocycles. The molecule has 0 radical (unpaired) electrons. The van der Waals surface area contributed by atoms with Crippen molar-refractivity contribution in [2.24, 2.45) is 5.92 Å². The topological polar surface area (TPSA) is 111 Å². The van der Waals surface area contributed by atoms with Crippen LogP contribution in [0.1, 0.15) is 38.1 Å². The summed E-state index contributed by atoms with van der Waals surface area (Å²) in [6.07, 6.45) is 1.17. The number of benzene rings is 1. The van der Waals surface area contributed by atoms with Gasteiger partial charge in [0, 0.05) is 19.2 Å². The number of carbonyl (C=O) groups is 1. The molecule has 0 unspecified atom stereocenters. The van der Waals surface area contributed by atoms with E-state index in [0.29, 0.717) is 55.5 Å². The van der Waals surface area contributed by atoms with E-state index in [1.165, 1.54) is 4.31 Å². The quantitative estimate of drug-likeness (QED) is 0.656. The zero-order valence-corrected chi connectivity index (χ0v) is 19.1. The van der Waals surface area contributed by atoms with Crippen molar-refractivity contribution in [1.82, 2.24) is 9.46 Å². The molecule has 2 aromatic rings. The molecule has 1 aliphatic rings. The van der Waals surface area contributed by atoms with Crippen molar-refractivity contribution in [2.45, 2.75) is 45.4 Å². The summed E-state index contributed by atoms with van der Waals surface area (Å²) in [7, 11) is -3.80. The van der Waals surface area contributed by atoms with E-state index >= 15 is 0 Å². The van der Waals surface area contributed by atoms with Gasteiger partial charge in [0.05, 0.1) is 24.8 Å². The Bertz CT molecular complexity index is 1010. The van der Waals surface area contributed by atoms with Crippen molar-refractivity contribution in [1.29, 1.82) is 0 Å². The van der Waals surface area contributed by atoms with Crippen LogP contribution in [-0.2, 0) is 14.8 Å². The Kier molecular flexibility index (Phi) is 7.22. The fourth-order valence-corrected chi connectivity index (χ4v) is 5.54. The first-order chi connectivity index (χ1) is 14.8. The Hall–Kier alpha value is -2.59. The predicted octanol–water partition coefficient (Wildman–Crippen LogP) is 3.13. The molecule has 0 aliphatic carbocycles. The van der Waals surface area contributed by atoms with Crippen molar-refractivity contribution in [2.75, 3.05) is 31.6 Å². The summed E-state index contributed by atoms with van der Waals surface area (Å²) in [5, 5.41) is 6.65. The third kappa shape index (κ3) is 5.01. The summed E-state index contributed by atoms with van der Waals surface area (Å²) in [4.78, 5) is 13.1. The van der Waals surface area contributed by atoms with E-state index in [0.717, 1.165) is 0 Å². The van der Waals surface area contributed by atoms with E-state index < -0.39 is 15.9 Å². The highest BCUT2D eigenvalue weighted by Crippen LogP contribution is 2.32. The summed E-state index contributed by atoms with van der Waals surface area (Å²) in [6.45, 7) is 8.29. The van der Waals surface area contributed by atoms with Gasteiger partial charge in [-0.1, -0.05) is 5.16 Å². The molecule has 0 saturated carbocycles. The number of nitrogens with zero attached hydrogens (tertiary/aromatic N) is 2. The normalized spacial score (nSPS) is 17.4. The monoisotopic (exact) mass is 451 g/mol. The van der Waals surface area contributed by atoms with Gasteiger partial charge in [0.2, 0.25) is 15.9 Å². The van der Waals surface area contributed by atoms with Crippen LogP contribution < -0.4 is 14.8 Å². The SMILES string of the molecule is CCOc1ccc(OCC)c(NC(=O)[C@H]2CCCN(S(=O)(=O)c3c(C)noc3C)C2)c1. The molecule has 170 valence electrons. The zero-order chi connectivity index (χ0) is 22.6. The molecule has 1 aromatic carbocycles. The van der Waals surface area contributed by atoms with Crippen LogP contribution in [0.3, 0.4) is 0 Å². The van der Waals surface area contributed by atoms with Gasteiger partial charge in [-0.15, -0.1) is 0 Å². The second-order valence-corrected chi connectivity index (χ2v) is 9.24. The number of nitrogens with one attached hydrogen (secondary N) is 1. The van der Waals surface area contributed by atoms with Gasteiger partial charge in [-0.3, -0.25) is 4.79 Å². The van der Waals surface area contributed by atoms with Crippen LogP contribution in [-0.4, -0.2) is 50.1 Å². The second-order valence-electron chi connectivity index (χ2n) is 7.37. The molecule has 9 nitrogen and oxygen atoms in total. The lowest BCUT2D eigenvalue weighted by Gasteiger charge is -2.31. The van der Waals surface area contributed by atoms with Crippen LogP contribution >= 0.6 is 0 Å². The number of piperidine rings is 1. The number of rotatable bonds is 8. The number of ether oxygens (including phenoxy) is 2. The number of anilines is 1. The zero-order valence-electron chi connectivity index (χ0n) is 18.3. The molecule has 1 aromatic heterocycles. The molecular weight excluding hydrogens is 422 g/mol. The summed E-state index contributed by atoms with van der Waals surface area (Å²) >= 11 is 0. The van der Waals surface area contributed by atoms with Gasteiger partial charge in [0.1, 0.15) is 22.1 Å². The lowest BCUT2D eigenvalue weighted by atomic mass is 9.98. The highest BCUT2D eigenvalue weighted by molar-refractivity contribution is 7.89. The third-order valence-corrected chi connectivity index (χ3v) is 7.25. The van der Waals surface area contributed by atoms with Gasteiger partial charge in [-0.05, 0) is 52.7 Å². The van der Waals surface area contributed by atoms with E-state index in [2.05, 4.69) is 10.5 Å². The van der Waals surface area contributed by atoms with Gasteiger partial charge in [-0.25, -0.2) is 8.42 Å². The van der Waals surface area contributed by atoms with E-state index in [4.69, 9.17) is 14.0 Å². The average Bonchev–Trinajstić information content (AvgIpc) is 3.09. The number of aryl methyl sites for hydroxylation is 2. The van der Waals surface area contributed by atoms with Gasteiger partial charge in [0.15, 0.2) is 5.76 Å². The Labute approximate surface area is 182 Å². The number of aromatic nitrogens is 1. The fourth-order valence-electron chi connectivity index (χ4n) is 3.73. The first-order valence-corrected chi connectivity index (χ1v) is 11.8. The minimum absolute atomic E-state index is 0.0802. The lowest BCUT2D eigenvalue weighted by molar-refractivity contribution is -0.120. The van der Waals surface area contributed by atoms with Crippen LogP contribution in [0.2, 0.25) is 0 Å². The van der Waals surface area contributed by atoms with E-state index in [1.807, 2.05) is 13.8 Å². The Morgan fingerprint density at radius 3 is 2.65 bits per heavy atom. The maximum atomic E-state index is 13.1. The third-order valence-electron chi connectivity index (χ3n) is 5.14. The predicted molar refractivity (Wildman–Crippen MR) is 115 cm³/mol. The average molecular weight is 452 g/mol. The van der Waals surface area contributed by atoms with Crippen molar-refractivity contribution in [3.05, 3.63) is 29.7 Å². The number of carbonyl (C=O) groups excluding carboxylic acids is 1. The standard InChI is InChI=1S/C21H29N3O6S/c1-5-28-17-9-10-19(29-6-2)18(12-17)22-21(25)16-8-7-11-24(13-16)31(26,27)20-14(3)23-30-15(20)4/h9-10,12,16H,5-8,11,13H2,1-4H3,(H,22,25)/t16-/m0/s1. The van der Waals surface area contributed by atoms with Gasteiger partial charge >= 0.3 is 0 Å². The molecule has 1 amide bonds. The molecule has 3 rings (SSSR count).